The van der Waals surface area contributed by atoms with Gasteiger partial charge in [0.25, 0.3) is 0 Å². The quantitative estimate of drug-likeness (QED) is 0.705. The molecule has 2 heteroatoms. The highest BCUT2D eigenvalue weighted by Crippen LogP contribution is 2.27. The Labute approximate surface area is 108 Å². The van der Waals surface area contributed by atoms with Gasteiger partial charge in [0.15, 0.2) is 0 Å². The van der Waals surface area contributed by atoms with Crippen LogP contribution in [0.2, 0.25) is 0 Å². The summed E-state index contributed by atoms with van der Waals surface area (Å²) in [7, 11) is 2.29. The molecule has 0 spiro atoms. The maximum absolute atomic E-state index is 5.64. The predicted molar refractivity (Wildman–Crippen MR) is 76.1 cm³/mol. The number of hydrogen-bond acceptors (Lipinski definition) is 2. The van der Waals surface area contributed by atoms with Gasteiger partial charge in [-0.1, -0.05) is 26.7 Å². The molecule has 0 amide bonds. The number of hydrogen-bond donors (Lipinski definition) is 1. The van der Waals surface area contributed by atoms with Crippen LogP contribution in [0, 0.1) is 11.3 Å². The summed E-state index contributed by atoms with van der Waals surface area (Å²) in [4.78, 5) is 2.54. The van der Waals surface area contributed by atoms with E-state index >= 15 is 0 Å². The zero-order valence-electron chi connectivity index (χ0n) is 12.2. The molecule has 1 fully saturated rings. The Hall–Kier alpha value is -0.0800. The third-order valence-electron chi connectivity index (χ3n) is 4.26. The molecule has 0 aliphatic heterocycles. The van der Waals surface area contributed by atoms with Gasteiger partial charge in [-0.15, -0.1) is 0 Å². The van der Waals surface area contributed by atoms with Crippen LogP contribution in [0.3, 0.4) is 0 Å². The standard InChI is InChI=1S/C15H32N2/c1-15(2,10-11-16)9-6-12-17(3)13-14-7-4-5-8-14/h14H,4-13,16H2,1-3H3. The Kier molecular flexibility index (Phi) is 6.50. The second-order valence-corrected chi connectivity index (χ2v) is 6.72. The summed E-state index contributed by atoms with van der Waals surface area (Å²) in [6.07, 6.45) is 9.62. The molecule has 0 unspecified atom stereocenters. The lowest BCUT2D eigenvalue weighted by molar-refractivity contribution is 0.240. The van der Waals surface area contributed by atoms with E-state index in [2.05, 4.69) is 25.8 Å². The van der Waals surface area contributed by atoms with Crippen molar-refractivity contribution in [2.75, 3.05) is 26.7 Å². The van der Waals surface area contributed by atoms with Crippen molar-refractivity contribution in [1.82, 2.24) is 4.90 Å². The van der Waals surface area contributed by atoms with Gasteiger partial charge >= 0.3 is 0 Å². The van der Waals surface area contributed by atoms with Crippen LogP contribution < -0.4 is 5.73 Å². The van der Waals surface area contributed by atoms with Crippen molar-refractivity contribution in [3.8, 4) is 0 Å². The smallest absolute Gasteiger partial charge is 0.000661 e. The predicted octanol–water partition coefficient (Wildman–Crippen LogP) is 3.26. The topological polar surface area (TPSA) is 29.3 Å². The fourth-order valence-corrected chi connectivity index (χ4v) is 3.07. The number of nitrogens with two attached hydrogens (primary N) is 1. The maximum atomic E-state index is 5.64. The molecule has 1 rings (SSSR count). The van der Waals surface area contributed by atoms with E-state index in [1.165, 1.54) is 51.6 Å². The van der Waals surface area contributed by atoms with Crippen LogP contribution in [-0.4, -0.2) is 31.6 Å². The van der Waals surface area contributed by atoms with E-state index in [0.29, 0.717) is 5.41 Å². The summed E-state index contributed by atoms with van der Waals surface area (Å²) in [5, 5.41) is 0. The van der Waals surface area contributed by atoms with Gasteiger partial charge in [0.1, 0.15) is 0 Å². The van der Waals surface area contributed by atoms with E-state index < -0.39 is 0 Å². The molecular formula is C15H32N2. The molecule has 102 valence electrons. The van der Waals surface area contributed by atoms with Crippen molar-refractivity contribution in [3.05, 3.63) is 0 Å². The lowest BCUT2D eigenvalue weighted by atomic mass is 9.84. The largest absolute Gasteiger partial charge is 0.330 e. The van der Waals surface area contributed by atoms with Crippen molar-refractivity contribution >= 4 is 0 Å². The van der Waals surface area contributed by atoms with Crippen molar-refractivity contribution in [2.24, 2.45) is 17.1 Å². The van der Waals surface area contributed by atoms with E-state index in [1.807, 2.05) is 0 Å². The van der Waals surface area contributed by atoms with Gasteiger partial charge in [0.05, 0.1) is 0 Å². The molecule has 17 heavy (non-hydrogen) atoms. The van der Waals surface area contributed by atoms with Crippen LogP contribution in [0.4, 0.5) is 0 Å². The molecule has 0 radical (unpaired) electrons. The minimum absolute atomic E-state index is 0.433. The van der Waals surface area contributed by atoms with Crippen LogP contribution in [0.15, 0.2) is 0 Å². The lowest BCUT2D eigenvalue weighted by Crippen LogP contribution is -2.27. The molecule has 0 bridgehead atoms. The van der Waals surface area contributed by atoms with Gasteiger partial charge in [0, 0.05) is 6.54 Å². The second-order valence-electron chi connectivity index (χ2n) is 6.72. The van der Waals surface area contributed by atoms with Crippen LogP contribution in [0.25, 0.3) is 0 Å². The number of nitrogens with zero attached hydrogens (tertiary/aromatic N) is 1. The van der Waals surface area contributed by atoms with E-state index in [-0.39, 0.29) is 0 Å². The van der Waals surface area contributed by atoms with Crippen molar-refractivity contribution in [2.45, 2.75) is 58.8 Å². The van der Waals surface area contributed by atoms with Crippen LogP contribution >= 0.6 is 0 Å². The van der Waals surface area contributed by atoms with Crippen LogP contribution in [-0.2, 0) is 0 Å². The van der Waals surface area contributed by atoms with E-state index in [1.54, 1.807) is 0 Å². The zero-order chi connectivity index (χ0) is 12.7. The Balaban J connectivity index is 2.08. The summed E-state index contributed by atoms with van der Waals surface area (Å²) >= 11 is 0. The zero-order valence-corrected chi connectivity index (χ0v) is 12.2. The van der Waals surface area contributed by atoms with E-state index in [0.717, 1.165) is 18.9 Å². The maximum Gasteiger partial charge on any atom is 0.000661 e. The molecule has 0 heterocycles. The average molecular weight is 240 g/mol. The molecule has 2 N–H and O–H groups in total. The van der Waals surface area contributed by atoms with Crippen LogP contribution in [0.5, 0.6) is 0 Å². The summed E-state index contributed by atoms with van der Waals surface area (Å²) in [6.45, 7) is 8.08. The van der Waals surface area contributed by atoms with Gasteiger partial charge in [-0.25, -0.2) is 0 Å². The highest BCUT2D eigenvalue weighted by molar-refractivity contribution is 4.72. The highest BCUT2D eigenvalue weighted by atomic mass is 15.1. The molecule has 1 aliphatic carbocycles. The molecule has 0 aromatic rings. The van der Waals surface area contributed by atoms with Gasteiger partial charge in [-0.05, 0) is 63.6 Å². The lowest BCUT2D eigenvalue weighted by Gasteiger charge is -2.26. The van der Waals surface area contributed by atoms with Crippen molar-refractivity contribution in [3.63, 3.8) is 0 Å². The summed E-state index contributed by atoms with van der Waals surface area (Å²) < 4.78 is 0. The summed E-state index contributed by atoms with van der Waals surface area (Å²) in [5.41, 5.74) is 6.08. The minimum atomic E-state index is 0.433. The van der Waals surface area contributed by atoms with Crippen molar-refractivity contribution < 1.29 is 0 Å². The molecule has 1 saturated carbocycles. The van der Waals surface area contributed by atoms with Gasteiger partial charge in [-0.2, -0.15) is 0 Å². The van der Waals surface area contributed by atoms with Gasteiger partial charge in [-0.3, -0.25) is 0 Å². The molecule has 0 saturated heterocycles. The molecule has 0 atom stereocenters. The SMILES string of the molecule is CN(CCCC(C)(C)CCN)CC1CCCC1. The summed E-state index contributed by atoms with van der Waals surface area (Å²) in [6, 6.07) is 0. The highest BCUT2D eigenvalue weighted by Gasteiger charge is 2.18. The third-order valence-corrected chi connectivity index (χ3v) is 4.26. The normalized spacial score (nSPS) is 18.2. The van der Waals surface area contributed by atoms with Gasteiger partial charge in [0.2, 0.25) is 0 Å². The molecule has 0 aromatic heterocycles. The fraction of sp³-hybridized carbons (Fsp3) is 1.00. The first-order valence-electron chi connectivity index (χ1n) is 7.42. The Morgan fingerprint density at radius 3 is 2.41 bits per heavy atom. The first kappa shape index (κ1) is 15.0. The van der Waals surface area contributed by atoms with E-state index in [4.69, 9.17) is 5.73 Å². The molecule has 1 aliphatic rings. The van der Waals surface area contributed by atoms with E-state index in [9.17, 15) is 0 Å². The molecule has 0 aromatic carbocycles. The molecule has 2 nitrogen and oxygen atoms in total. The second kappa shape index (κ2) is 7.38. The first-order valence-corrected chi connectivity index (χ1v) is 7.42. The van der Waals surface area contributed by atoms with Crippen LogP contribution in [0.1, 0.15) is 58.8 Å². The molecular weight excluding hydrogens is 208 g/mol. The van der Waals surface area contributed by atoms with Gasteiger partial charge < -0.3 is 10.6 Å². The minimum Gasteiger partial charge on any atom is -0.330 e. The monoisotopic (exact) mass is 240 g/mol. The Bertz CT molecular complexity index is 195. The Morgan fingerprint density at radius 1 is 1.18 bits per heavy atom. The average Bonchev–Trinajstić information content (AvgIpc) is 2.69. The number of rotatable bonds is 8. The summed E-state index contributed by atoms with van der Waals surface area (Å²) in [5.74, 6) is 0.983. The third kappa shape index (κ3) is 6.42. The van der Waals surface area contributed by atoms with Crippen molar-refractivity contribution in [1.29, 1.82) is 0 Å². The first-order chi connectivity index (χ1) is 8.03. The Morgan fingerprint density at radius 2 is 1.82 bits per heavy atom. The fourth-order valence-electron chi connectivity index (χ4n) is 3.07.